The zero-order valence-electron chi connectivity index (χ0n) is 21.8. The zero-order chi connectivity index (χ0) is 25.9. The number of ether oxygens (including phenoxy) is 1. The Morgan fingerprint density at radius 1 is 1.22 bits per heavy atom. The molecule has 7 nitrogen and oxygen atoms in total. The van der Waals surface area contributed by atoms with Gasteiger partial charge in [0, 0.05) is 38.5 Å². The smallest absolute Gasteiger partial charge is 0.317 e. The first kappa shape index (κ1) is 25.5. The largest absolute Gasteiger partial charge is 0.489 e. The third kappa shape index (κ3) is 5.45. The second kappa shape index (κ2) is 11.1. The van der Waals surface area contributed by atoms with Crippen molar-refractivity contribution in [3.8, 4) is 26.8 Å². The van der Waals surface area contributed by atoms with E-state index >= 15 is 0 Å². The average Bonchev–Trinajstić information content (AvgIpc) is 3.56. The summed E-state index contributed by atoms with van der Waals surface area (Å²) in [7, 11) is 1.90. The fourth-order valence-corrected chi connectivity index (χ4v) is 6.31. The van der Waals surface area contributed by atoms with Gasteiger partial charge in [-0.3, -0.25) is 0 Å². The molecule has 0 bridgehead atoms. The molecule has 0 radical (unpaired) electrons. The van der Waals surface area contributed by atoms with Crippen LogP contribution in [0.5, 0.6) is 5.75 Å². The number of thiazole rings is 1. The summed E-state index contributed by atoms with van der Waals surface area (Å²) in [6.07, 6.45) is 5.64. The molecule has 0 unspecified atom stereocenters. The van der Waals surface area contributed by atoms with Crippen LogP contribution in [0.25, 0.3) is 21.0 Å². The lowest BCUT2D eigenvalue weighted by atomic mass is 9.98. The van der Waals surface area contributed by atoms with Gasteiger partial charge in [0.2, 0.25) is 0 Å². The number of hydrogen-bond donors (Lipinski definition) is 3. The molecule has 1 fully saturated rings. The van der Waals surface area contributed by atoms with Crippen LogP contribution in [-0.2, 0) is 6.42 Å². The maximum absolute atomic E-state index is 12.9. The van der Waals surface area contributed by atoms with Crippen molar-refractivity contribution in [3.05, 3.63) is 53.7 Å². The standard InChI is InChI=1S/C29H36N4O3S/c1-18(2)36-26-10-7-20(15-25(26)30-3)28-31-16-27(37-28)23-6-4-5-22-21(23)8-9-24(22)32-29(35)33-13-11-19(17-34)12-14-33/h4-7,10,15-16,18-19,24,30,34H,8-9,11-14,17H2,1-3H3,(H,32,35)/t24-/m0/s1. The lowest BCUT2D eigenvalue weighted by Crippen LogP contribution is -2.45. The Balaban J connectivity index is 1.32. The van der Waals surface area contributed by atoms with Crippen molar-refractivity contribution >= 4 is 23.1 Å². The second-order valence-corrected chi connectivity index (χ2v) is 11.2. The maximum Gasteiger partial charge on any atom is 0.317 e. The minimum absolute atomic E-state index is 0.00458. The van der Waals surface area contributed by atoms with Gasteiger partial charge >= 0.3 is 6.03 Å². The normalized spacial score (nSPS) is 17.6. The van der Waals surface area contributed by atoms with Gasteiger partial charge in [-0.2, -0.15) is 0 Å². The molecule has 3 N–H and O–H groups in total. The summed E-state index contributed by atoms with van der Waals surface area (Å²) in [5.74, 6) is 1.16. The Morgan fingerprint density at radius 2 is 2.03 bits per heavy atom. The monoisotopic (exact) mass is 520 g/mol. The van der Waals surface area contributed by atoms with Gasteiger partial charge in [-0.1, -0.05) is 18.2 Å². The predicted octanol–water partition coefficient (Wildman–Crippen LogP) is 5.71. The number of carbonyl (C=O) groups excluding carboxylic acids is 1. The van der Waals surface area contributed by atoms with E-state index in [4.69, 9.17) is 9.72 Å². The van der Waals surface area contributed by atoms with Gasteiger partial charge in [0.1, 0.15) is 10.8 Å². The van der Waals surface area contributed by atoms with Crippen molar-refractivity contribution in [1.29, 1.82) is 0 Å². The number of piperidine rings is 1. The van der Waals surface area contributed by atoms with Crippen molar-refractivity contribution in [2.75, 3.05) is 32.1 Å². The van der Waals surface area contributed by atoms with Gasteiger partial charge < -0.3 is 25.4 Å². The van der Waals surface area contributed by atoms with Crippen LogP contribution >= 0.6 is 11.3 Å². The Labute approximate surface area is 222 Å². The van der Waals surface area contributed by atoms with Crippen LogP contribution in [0, 0.1) is 5.92 Å². The second-order valence-electron chi connectivity index (χ2n) is 10.2. The number of nitrogens with one attached hydrogen (secondary N) is 2. The first-order valence-corrected chi connectivity index (χ1v) is 14.0. The summed E-state index contributed by atoms with van der Waals surface area (Å²) in [6.45, 7) is 5.67. The summed E-state index contributed by atoms with van der Waals surface area (Å²) < 4.78 is 5.92. The highest BCUT2D eigenvalue weighted by molar-refractivity contribution is 7.18. The van der Waals surface area contributed by atoms with Crippen LogP contribution < -0.4 is 15.4 Å². The number of rotatable bonds is 7. The van der Waals surface area contributed by atoms with Crippen LogP contribution in [0.2, 0.25) is 0 Å². The minimum atomic E-state index is 0.00458. The van der Waals surface area contributed by atoms with Crippen molar-refractivity contribution in [2.24, 2.45) is 5.92 Å². The Morgan fingerprint density at radius 3 is 2.76 bits per heavy atom. The molecule has 0 saturated carbocycles. The number of benzene rings is 2. The Hall–Kier alpha value is -3.10. The lowest BCUT2D eigenvalue weighted by Gasteiger charge is -2.32. The predicted molar refractivity (Wildman–Crippen MR) is 149 cm³/mol. The molecule has 37 heavy (non-hydrogen) atoms. The van der Waals surface area contributed by atoms with Crippen LogP contribution in [0.4, 0.5) is 10.5 Å². The highest BCUT2D eigenvalue weighted by Gasteiger charge is 2.29. The summed E-state index contributed by atoms with van der Waals surface area (Å²) >= 11 is 1.69. The number of hydrogen-bond acceptors (Lipinski definition) is 6. The van der Waals surface area contributed by atoms with E-state index in [1.165, 1.54) is 16.7 Å². The molecule has 8 heteroatoms. The zero-order valence-corrected chi connectivity index (χ0v) is 22.6. The first-order chi connectivity index (χ1) is 18.0. The molecule has 196 valence electrons. The summed E-state index contributed by atoms with van der Waals surface area (Å²) in [6, 6.07) is 12.6. The topological polar surface area (TPSA) is 86.7 Å². The molecule has 5 rings (SSSR count). The summed E-state index contributed by atoms with van der Waals surface area (Å²) in [5, 5.41) is 16.8. The molecule has 0 spiro atoms. The average molecular weight is 521 g/mol. The molecule has 1 saturated heterocycles. The maximum atomic E-state index is 12.9. The van der Waals surface area contributed by atoms with Crippen molar-refractivity contribution in [2.45, 2.75) is 51.7 Å². The van der Waals surface area contributed by atoms with Gasteiger partial charge in [0.25, 0.3) is 0 Å². The highest BCUT2D eigenvalue weighted by Crippen LogP contribution is 2.41. The van der Waals surface area contributed by atoms with Crippen molar-refractivity contribution in [3.63, 3.8) is 0 Å². The van der Waals surface area contributed by atoms with E-state index in [-0.39, 0.29) is 24.8 Å². The van der Waals surface area contributed by atoms with Crippen molar-refractivity contribution in [1.82, 2.24) is 15.2 Å². The van der Waals surface area contributed by atoms with Crippen LogP contribution in [0.15, 0.2) is 42.6 Å². The number of aromatic nitrogens is 1. The SMILES string of the molecule is CNc1cc(-c2ncc(-c3cccc4c3CC[C@@H]4NC(=O)N3CCC(CO)CC3)s2)ccc1OC(C)C. The molecular formula is C29H36N4O3S. The van der Waals surface area contributed by atoms with E-state index in [1.807, 2.05) is 38.1 Å². The number of carbonyl (C=O) groups is 1. The number of likely N-dealkylation sites (tertiary alicyclic amines) is 1. The molecule has 1 aromatic heterocycles. The number of aliphatic hydroxyl groups excluding tert-OH is 1. The van der Waals surface area contributed by atoms with Gasteiger partial charge in [-0.25, -0.2) is 9.78 Å². The van der Waals surface area contributed by atoms with E-state index in [2.05, 4.69) is 41.0 Å². The van der Waals surface area contributed by atoms with E-state index < -0.39 is 0 Å². The first-order valence-electron chi connectivity index (χ1n) is 13.2. The summed E-state index contributed by atoms with van der Waals surface area (Å²) in [5.41, 5.74) is 5.72. The third-order valence-electron chi connectivity index (χ3n) is 7.36. The minimum Gasteiger partial charge on any atom is -0.489 e. The van der Waals surface area contributed by atoms with Gasteiger partial charge in [-0.15, -0.1) is 11.3 Å². The molecule has 2 heterocycles. The van der Waals surface area contributed by atoms with Gasteiger partial charge in [0.15, 0.2) is 0 Å². The quantitative estimate of drug-likeness (QED) is 0.372. The van der Waals surface area contributed by atoms with Crippen LogP contribution in [0.1, 0.15) is 50.3 Å². The number of amides is 2. The number of nitrogens with zero attached hydrogens (tertiary/aromatic N) is 2. The van der Waals surface area contributed by atoms with Gasteiger partial charge in [0.05, 0.1) is 22.7 Å². The Kier molecular flexibility index (Phi) is 7.67. The third-order valence-corrected chi connectivity index (χ3v) is 8.44. The molecule has 2 aliphatic rings. The highest BCUT2D eigenvalue weighted by atomic mass is 32.1. The van der Waals surface area contributed by atoms with Crippen LogP contribution in [0.3, 0.4) is 0 Å². The molecular weight excluding hydrogens is 484 g/mol. The fourth-order valence-electron chi connectivity index (χ4n) is 5.34. The molecule has 1 aliphatic carbocycles. The summed E-state index contributed by atoms with van der Waals surface area (Å²) in [4.78, 5) is 20.7. The van der Waals surface area contributed by atoms with E-state index in [1.54, 1.807) is 11.3 Å². The number of fused-ring (bicyclic) bond motifs is 1. The van der Waals surface area contributed by atoms with Gasteiger partial charge in [-0.05, 0) is 80.3 Å². The molecule has 2 aromatic carbocycles. The molecule has 1 atom stereocenters. The molecule has 2 amide bonds. The molecule has 3 aromatic rings. The van der Waals surface area contributed by atoms with Crippen LogP contribution in [-0.4, -0.2) is 53.9 Å². The fraction of sp³-hybridized carbons (Fsp3) is 0.448. The van der Waals surface area contributed by atoms with E-state index in [0.29, 0.717) is 19.0 Å². The Bertz CT molecular complexity index is 1250. The number of anilines is 1. The molecule has 1 aliphatic heterocycles. The lowest BCUT2D eigenvalue weighted by molar-refractivity contribution is 0.135. The van der Waals surface area contributed by atoms with Crippen molar-refractivity contribution < 1.29 is 14.6 Å². The number of urea groups is 1. The van der Waals surface area contributed by atoms with E-state index in [9.17, 15) is 9.90 Å². The number of aliphatic hydroxyl groups is 1. The van der Waals surface area contributed by atoms with E-state index in [0.717, 1.165) is 52.6 Å².